The lowest BCUT2D eigenvalue weighted by Gasteiger charge is -2.11. The first-order chi connectivity index (χ1) is 15.0. The molecule has 0 saturated heterocycles. The molecular formula is C23H20N4O3S. The summed E-state index contributed by atoms with van der Waals surface area (Å²) in [6.45, 7) is 3.91. The van der Waals surface area contributed by atoms with Crippen molar-refractivity contribution < 1.29 is 14.3 Å². The SMILES string of the molecule is C=CCNC(=O)c1cc(Oc2ccc(NC(=S)NC(=O)c3ccccc3)cc2)ccn1. The first-order valence-electron chi connectivity index (χ1n) is 9.35. The average Bonchev–Trinajstić information content (AvgIpc) is 2.79. The fourth-order valence-corrected chi connectivity index (χ4v) is 2.73. The summed E-state index contributed by atoms with van der Waals surface area (Å²) in [7, 11) is 0. The molecule has 0 spiro atoms. The van der Waals surface area contributed by atoms with Gasteiger partial charge in [0.15, 0.2) is 5.11 Å². The number of nitrogens with zero attached hydrogens (tertiary/aromatic N) is 1. The van der Waals surface area contributed by atoms with Crippen molar-refractivity contribution in [2.24, 2.45) is 0 Å². The van der Waals surface area contributed by atoms with Crippen molar-refractivity contribution >= 4 is 34.8 Å². The van der Waals surface area contributed by atoms with Crippen LogP contribution in [0.25, 0.3) is 0 Å². The summed E-state index contributed by atoms with van der Waals surface area (Å²) in [6, 6.07) is 19.0. The molecular weight excluding hydrogens is 412 g/mol. The minimum atomic E-state index is -0.309. The number of benzene rings is 2. The van der Waals surface area contributed by atoms with Crippen molar-refractivity contribution in [3.05, 3.63) is 96.8 Å². The van der Waals surface area contributed by atoms with Gasteiger partial charge in [-0.3, -0.25) is 19.9 Å². The van der Waals surface area contributed by atoms with Crippen LogP contribution in [-0.2, 0) is 0 Å². The van der Waals surface area contributed by atoms with E-state index in [1.54, 1.807) is 66.7 Å². The number of ether oxygens (including phenoxy) is 1. The Balaban J connectivity index is 1.57. The third-order valence-electron chi connectivity index (χ3n) is 3.98. The predicted molar refractivity (Wildman–Crippen MR) is 123 cm³/mol. The zero-order valence-electron chi connectivity index (χ0n) is 16.5. The Hall–Kier alpha value is -4.04. The minimum Gasteiger partial charge on any atom is -0.457 e. The molecule has 1 heterocycles. The number of carbonyl (C=O) groups is 2. The second-order valence-electron chi connectivity index (χ2n) is 6.28. The van der Waals surface area contributed by atoms with E-state index in [9.17, 15) is 9.59 Å². The molecule has 156 valence electrons. The molecule has 0 aliphatic carbocycles. The topological polar surface area (TPSA) is 92.4 Å². The molecule has 0 unspecified atom stereocenters. The summed E-state index contributed by atoms with van der Waals surface area (Å²) in [5.41, 5.74) is 1.45. The van der Waals surface area contributed by atoms with Crippen LogP contribution in [0.5, 0.6) is 11.5 Å². The van der Waals surface area contributed by atoms with Gasteiger partial charge in [-0.05, 0) is 54.7 Å². The Kier molecular flexibility index (Phi) is 7.45. The Morgan fingerprint density at radius 3 is 2.45 bits per heavy atom. The van der Waals surface area contributed by atoms with Gasteiger partial charge in [-0.1, -0.05) is 24.3 Å². The summed E-state index contributed by atoms with van der Waals surface area (Å²) in [6.07, 6.45) is 3.09. The first kappa shape index (κ1) is 21.7. The lowest BCUT2D eigenvalue weighted by Crippen LogP contribution is -2.34. The number of hydrogen-bond donors (Lipinski definition) is 3. The number of rotatable bonds is 7. The molecule has 0 radical (unpaired) electrons. The standard InChI is InChI=1S/C23H20N4O3S/c1-2-13-25-22(29)20-15-19(12-14-24-20)30-18-10-8-17(9-11-18)26-23(31)27-21(28)16-6-4-3-5-7-16/h2-12,14-15H,1,13H2,(H,25,29)(H2,26,27,28,31). The highest BCUT2D eigenvalue weighted by atomic mass is 32.1. The third-order valence-corrected chi connectivity index (χ3v) is 4.19. The van der Waals surface area contributed by atoms with E-state index in [0.717, 1.165) is 0 Å². The van der Waals surface area contributed by atoms with Gasteiger partial charge in [0, 0.05) is 30.1 Å². The maximum Gasteiger partial charge on any atom is 0.270 e. The van der Waals surface area contributed by atoms with Crippen molar-refractivity contribution in [2.75, 3.05) is 11.9 Å². The fraction of sp³-hybridized carbons (Fsp3) is 0.0435. The summed E-state index contributed by atoms with van der Waals surface area (Å²) in [4.78, 5) is 28.2. The molecule has 0 aliphatic heterocycles. The van der Waals surface area contributed by atoms with E-state index >= 15 is 0 Å². The molecule has 0 bridgehead atoms. The third kappa shape index (κ3) is 6.48. The van der Waals surface area contributed by atoms with Gasteiger partial charge in [-0.25, -0.2) is 0 Å². The number of hydrogen-bond acceptors (Lipinski definition) is 5. The van der Waals surface area contributed by atoms with Gasteiger partial charge >= 0.3 is 0 Å². The lowest BCUT2D eigenvalue weighted by atomic mass is 10.2. The molecule has 1 aromatic heterocycles. The quantitative estimate of drug-likeness (QED) is 0.387. The molecule has 0 atom stereocenters. The van der Waals surface area contributed by atoms with Gasteiger partial charge in [0.25, 0.3) is 11.8 Å². The summed E-state index contributed by atoms with van der Waals surface area (Å²) in [5, 5.41) is 8.43. The van der Waals surface area contributed by atoms with Crippen molar-refractivity contribution in [3.8, 4) is 11.5 Å². The molecule has 0 saturated carbocycles. The van der Waals surface area contributed by atoms with Gasteiger partial charge in [0.1, 0.15) is 17.2 Å². The highest BCUT2D eigenvalue weighted by Crippen LogP contribution is 2.23. The Labute approximate surface area is 185 Å². The second-order valence-corrected chi connectivity index (χ2v) is 6.68. The van der Waals surface area contributed by atoms with Crippen molar-refractivity contribution in [2.45, 2.75) is 0 Å². The van der Waals surface area contributed by atoms with E-state index in [0.29, 0.717) is 29.3 Å². The monoisotopic (exact) mass is 432 g/mol. The van der Waals surface area contributed by atoms with Crippen LogP contribution in [0.4, 0.5) is 5.69 Å². The number of carbonyl (C=O) groups excluding carboxylic acids is 2. The van der Waals surface area contributed by atoms with Gasteiger partial charge in [-0.15, -0.1) is 6.58 Å². The molecule has 2 amide bonds. The molecule has 0 aliphatic rings. The molecule has 2 aromatic carbocycles. The van der Waals surface area contributed by atoms with Crippen molar-refractivity contribution in [1.82, 2.24) is 15.6 Å². The number of nitrogens with one attached hydrogen (secondary N) is 3. The number of thiocarbonyl (C=S) groups is 1. The van der Waals surface area contributed by atoms with Gasteiger partial charge in [0.05, 0.1) is 0 Å². The normalized spacial score (nSPS) is 9.94. The molecule has 31 heavy (non-hydrogen) atoms. The van der Waals surface area contributed by atoms with Crippen molar-refractivity contribution in [1.29, 1.82) is 0 Å². The summed E-state index contributed by atoms with van der Waals surface area (Å²) < 4.78 is 5.79. The number of pyridine rings is 1. The largest absolute Gasteiger partial charge is 0.457 e. The number of aromatic nitrogens is 1. The fourth-order valence-electron chi connectivity index (χ4n) is 2.52. The summed E-state index contributed by atoms with van der Waals surface area (Å²) in [5.74, 6) is 0.443. The van der Waals surface area contributed by atoms with Crippen LogP contribution in [-0.4, -0.2) is 28.5 Å². The molecule has 8 heteroatoms. The highest BCUT2D eigenvalue weighted by molar-refractivity contribution is 7.80. The average molecular weight is 433 g/mol. The maximum atomic E-state index is 12.1. The van der Waals surface area contributed by atoms with Crippen LogP contribution in [0.15, 0.2) is 85.6 Å². The Morgan fingerprint density at radius 2 is 1.74 bits per heavy atom. The smallest absolute Gasteiger partial charge is 0.270 e. The molecule has 7 nitrogen and oxygen atoms in total. The predicted octanol–water partition coefficient (Wildman–Crippen LogP) is 3.92. The lowest BCUT2D eigenvalue weighted by molar-refractivity contribution is 0.0950. The maximum absolute atomic E-state index is 12.1. The van der Waals surface area contributed by atoms with Crippen LogP contribution >= 0.6 is 12.2 Å². The Morgan fingerprint density at radius 1 is 1.00 bits per heavy atom. The van der Waals surface area contributed by atoms with E-state index in [4.69, 9.17) is 17.0 Å². The molecule has 3 N–H and O–H groups in total. The van der Waals surface area contributed by atoms with Crippen LogP contribution < -0.4 is 20.7 Å². The zero-order chi connectivity index (χ0) is 22.1. The second kappa shape index (κ2) is 10.7. The van der Waals surface area contributed by atoms with Gasteiger partial charge < -0.3 is 15.4 Å². The first-order valence-corrected chi connectivity index (χ1v) is 9.76. The van der Waals surface area contributed by atoms with Crippen LogP contribution in [0.1, 0.15) is 20.8 Å². The van der Waals surface area contributed by atoms with E-state index < -0.39 is 0 Å². The van der Waals surface area contributed by atoms with E-state index in [1.165, 1.54) is 6.20 Å². The highest BCUT2D eigenvalue weighted by Gasteiger charge is 2.09. The van der Waals surface area contributed by atoms with Gasteiger partial charge in [-0.2, -0.15) is 0 Å². The van der Waals surface area contributed by atoms with Gasteiger partial charge in [0.2, 0.25) is 0 Å². The Bertz CT molecular complexity index is 1090. The molecule has 0 fully saturated rings. The number of amides is 2. The van der Waals surface area contributed by atoms with E-state index in [1.807, 2.05) is 6.07 Å². The van der Waals surface area contributed by atoms with Crippen LogP contribution in [0, 0.1) is 0 Å². The van der Waals surface area contributed by atoms with E-state index in [2.05, 4.69) is 27.5 Å². The van der Waals surface area contributed by atoms with Crippen molar-refractivity contribution in [3.63, 3.8) is 0 Å². The summed E-state index contributed by atoms with van der Waals surface area (Å²) >= 11 is 5.19. The molecule has 3 aromatic rings. The van der Waals surface area contributed by atoms with Crippen LogP contribution in [0.2, 0.25) is 0 Å². The number of anilines is 1. The zero-order valence-corrected chi connectivity index (χ0v) is 17.3. The molecule has 3 rings (SSSR count). The van der Waals surface area contributed by atoms with Crippen LogP contribution in [0.3, 0.4) is 0 Å². The van der Waals surface area contributed by atoms with E-state index in [-0.39, 0.29) is 22.6 Å². The minimum absolute atomic E-state index is 0.187.